The van der Waals surface area contributed by atoms with Crippen LogP contribution in [-0.2, 0) is 21.6 Å². The summed E-state index contributed by atoms with van der Waals surface area (Å²) in [6.07, 6.45) is -1.55. The quantitative estimate of drug-likeness (QED) is 0.301. The molecule has 0 aliphatic heterocycles. The lowest BCUT2D eigenvalue weighted by atomic mass is 9.91. The van der Waals surface area contributed by atoms with E-state index in [-0.39, 0.29) is 24.5 Å². The van der Waals surface area contributed by atoms with Crippen molar-refractivity contribution in [1.82, 2.24) is 9.78 Å². The number of oxime groups is 1. The average molecular weight is 405 g/mol. The number of rotatable bonds is 8. The Balaban J connectivity index is 1.76. The number of benzene rings is 1. The van der Waals surface area contributed by atoms with Gasteiger partial charge in [0.05, 0.1) is 12.0 Å². The van der Waals surface area contributed by atoms with E-state index in [0.717, 1.165) is 34.7 Å². The van der Waals surface area contributed by atoms with Crippen LogP contribution in [0.2, 0.25) is 0 Å². The standard InChI is InChI=1S/C19H21F2N5O3/c1-11-4-2-3-5-12(11)19(7-8-19)18(23)25-29-17(28)13-10-14(16(20)21)26(24-13)9-6-15(22)27/h2-5,10,16H,6-9H2,1H3,(H2,22,27)(H2,23,25). The minimum Gasteiger partial charge on any atom is -0.384 e. The number of carbonyl (C=O) groups is 2. The second-order valence-electron chi connectivity index (χ2n) is 6.95. The van der Waals surface area contributed by atoms with E-state index in [1.165, 1.54) is 0 Å². The molecule has 154 valence electrons. The zero-order valence-corrected chi connectivity index (χ0v) is 15.8. The fraction of sp³-hybridized carbons (Fsp3) is 0.368. The molecule has 0 atom stereocenters. The van der Waals surface area contributed by atoms with Crippen molar-refractivity contribution in [2.24, 2.45) is 16.6 Å². The molecule has 4 N–H and O–H groups in total. The summed E-state index contributed by atoms with van der Waals surface area (Å²) in [5.74, 6) is -1.55. The van der Waals surface area contributed by atoms with Crippen LogP contribution < -0.4 is 11.5 Å². The number of aromatic nitrogens is 2. The Morgan fingerprint density at radius 2 is 2.00 bits per heavy atom. The fourth-order valence-corrected chi connectivity index (χ4v) is 3.22. The second kappa shape index (κ2) is 7.98. The van der Waals surface area contributed by atoms with Crippen molar-refractivity contribution >= 4 is 17.7 Å². The smallest absolute Gasteiger partial charge is 0.384 e. The normalized spacial score (nSPS) is 15.4. The number of halogens is 2. The van der Waals surface area contributed by atoms with Crippen LogP contribution in [0.1, 0.15) is 53.0 Å². The van der Waals surface area contributed by atoms with Gasteiger partial charge in [-0.1, -0.05) is 29.4 Å². The molecule has 1 aromatic carbocycles. The van der Waals surface area contributed by atoms with Gasteiger partial charge in [-0.05, 0) is 30.9 Å². The molecule has 8 nitrogen and oxygen atoms in total. The molecule has 0 spiro atoms. The molecule has 1 aliphatic carbocycles. The third kappa shape index (κ3) is 4.25. The first kappa shape index (κ1) is 20.4. The zero-order valence-electron chi connectivity index (χ0n) is 15.8. The Labute approximate surface area is 165 Å². The Hall–Kier alpha value is -3.30. The first-order valence-electron chi connectivity index (χ1n) is 9.00. The maximum Gasteiger partial charge on any atom is 0.385 e. The predicted molar refractivity (Wildman–Crippen MR) is 100 cm³/mol. The second-order valence-corrected chi connectivity index (χ2v) is 6.95. The number of nitrogens with zero attached hydrogens (tertiary/aromatic N) is 3. The van der Waals surface area contributed by atoms with Crippen LogP contribution >= 0.6 is 0 Å². The van der Waals surface area contributed by atoms with Crippen molar-refractivity contribution in [1.29, 1.82) is 0 Å². The number of carbonyl (C=O) groups excluding carboxylic acids is 2. The van der Waals surface area contributed by atoms with Crippen LogP contribution in [0, 0.1) is 6.92 Å². The summed E-state index contributed by atoms with van der Waals surface area (Å²) in [7, 11) is 0. The minimum atomic E-state index is -2.89. The van der Waals surface area contributed by atoms with Crippen molar-refractivity contribution in [3.05, 3.63) is 52.8 Å². The van der Waals surface area contributed by atoms with Crippen LogP contribution in [0.4, 0.5) is 8.78 Å². The van der Waals surface area contributed by atoms with Gasteiger partial charge in [0, 0.05) is 12.5 Å². The summed E-state index contributed by atoms with van der Waals surface area (Å²) >= 11 is 0. The van der Waals surface area contributed by atoms with Gasteiger partial charge in [-0.2, -0.15) is 5.10 Å². The van der Waals surface area contributed by atoms with Gasteiger partial charge in [0.15, 0.2) is 11.5 Å². The van der Waals surface area contributed by atoms with Gasteiger partial charge < -0.3 is 16.3 Å². The zero-order chi connectivity index (χ0) is 21.2. The Kier molecular flexibility index (Phi) is 5.62. The highest BCUT2D eigenvalue weighted by Crippen LogP contribution is 2.49. The number of amides is 1. The van der Waals surface area contributed by atoms with E-state index in [4.69, 9.17) is 16.3 Å². The van der Waals surface area contributed by atoms with Gasteiger partial charge in [0.2, 0.25) is 5.91 Å². The molecular weight excluding hydrogens is 384 g/mol. The van der Waals surface area contributed by atoms with Crippen LogP contribution in [0.3, 0.4) is 0 Å². The SMILES string of the molecule is Cc1ccccc1C1(/C(N)=N/OC(=O)c2cc(C(F)F)n(CCC(N)=O)n2)CC1. The molecule has 0 bridgehead atoms. The molecule has 10 heteroatoms. The summed E-state index contributed by atoms with van der Waals surface area (Å²) in [6, 6.07) is 8.61. The van der Waals surface area contributed by atoms with E-state index < -0.39 is 29.4 Å². The van der Waals surface area contributed by atoms with E-state index in [1.807, 2.05) is 31.2 Å². The Morgan fingerprint density at radius 1 is 1.31 bits per heavy atom. The third-order valence-corrected chi connectivity index (χ3v) is 4.94. The van der Waals surface area contributed by atoms with Crippen LogP contribution in [0.5, 0.6) is 0 Å². The molecule has 1 fully saturated rings. The summed E-state index contributed by atoms with van der Waals surface area (Å²) < 4.78 is 27.2. The van der Waals surface area contributed by atoms with Gasteiger partial charge in [0.25, 0.3) is 6.43 Å². The van der Waals surface area contributed by atoms with Crippen molar-refractivity contribution < 1.29 is 23.2 Å². The van der Waals surface area contributed by atoms with Crippen LogP contribution in [0.15, 0.2) is 35.5 Å². The molecule has 2 aromatic rings. The molecule has 3 rings (SSSR count). The summed E-state index contributed by atoms with van der Waals surface area (Å²) in [5.41, 5.74) is 11.8. The van der Waals surface area contributed by atoms with Crippen molar-refractivity contribution in [2.75, 3.05) is 0 Å². The molecule has 29 heavy (non-hydrogen) atoms. The first-order valence-corrected chi connectivity index (χ1v) is 9.00. The van der Waals surface area contributed by atoms with Gasteiger partial charge in [-0.3, -0.25) is 9.48 Å². The molecule has 1 amide bonds. The molecule has 1 aliphatic rings. The highest BCUT2D eigenvalue weighted by atomic mass is 19.3. The van der Waals surface area contributed by atoms with Crippen LogP contribution in [-0.4, -0.2) is 27.5 Å². The predicted octanol–water partition coefficient (Wildman–Crippen LogP) is 2.17. The van der Waals surface area contributed by atoms with Crippen LogP contribution in [0.25, 0.3) is 0 Å². The number of primary amides is 1. The molecule has 0 unspecified atom stereocenters. The number of hydrogen-bond donors (Lipinski definition) is 2. The number of alkyl halides is 2. The van der Waals surface area contributed by atoms with Crippen molar-refractivity contribution in [3.63, 3.8) is 0 Å². The highest BCUT2D eigenvalue weighted by molar-refractivity contribution is 5.95. The Bertz CT molecular complexity index is 967. The molecule has 0 radical (unpaired) electrons. The molecule has 1 heterocycles. The summed E-state index contributed by atoms with van der Waals surface area (Å²) in [4.78, 5) is 28.0. The molecule has 1 aromatic heterocycles. The maximum atomic E-state index is 13.2. The molecular formula is C19H21F2N5O3. The lowest BCUT2D eigenvalue weighted by Crippen LogP contribution is -2.30. The first-order chi connectivity index (χ1) is 13.7. The van der Waals surface area contributed by atoms with E-state index in [0.29, 0.717) is 0 Å². The summed E-state index contributed by atoms with van der Waals surface area (Å²) in [5, 5.41) is 7.52. The number of aryl methyl sites for hydroxylation is 2. The third-order valence-electron chi connectivity index (χ3n) is 4.94. The molecule has 1 saturated carbocycles. The highest BCUT2D eigenvalue weighted by Gasteiger charge is 2.49. The van der Waals surface area contributed by atoms with E-state index in [9.17, 15) is 18.4 Å². The van der Waals surface area contributed by atoms with E-state index >= 15 is 0 Å². The molecule has 0 saturated heterocycles. The topological polar surface area (TPSA) is 126 Å². The summed E-state index contributed by atoms with van der Waals surface area (Å²) in [6.45, 7) is 1.78. The lowest BCUT2D eigenvalue weighted by molar-refractivity contribution is -0.118. The average Bonchev–Trinajstić information content (AvgIpc) is 3.36. The van der Waals surface area contributed by atoms with Crippen molar-refractivity contribution in [3.8, 4) is 0 Å². The maximum absolute atomic E-state index is 13.2. The number of amidine groups is 1. The van der Waals surface area contributed by atoms with Gasteiger partial charge in [-0.25, -0.2) is 13.6 Å². The fourth-order valence-electron chi connectivity index (χ4n) is 3.22. The van der Waals surface area contributed by atoms with Crippen molar-refractivity contribution in [2.45, 2.75) is 44.6 Å². The largest absolute Gasteiger partial charge is 0.385 e. The van der Waals surface area contributed by atoms with Gasteiger partial charge in [-0.15, -0.1) is 0 Å². The van der Waals surface area contributed by atoms with E-state index in [1.54, 1.807) is 0 Å². The number of hydrogen-bond acceptors (Lipinski definition) is 5. The van der Waals surface area contributed by atoms with Gasteiger partial charge in [0.1, 0.15) is 5.69 Å². The lowest BCUT2D eigenvalue weighted by Gasteiger charge is -2.16. The van der Waals surface area contributed by atoms with E-state index in [2.05, 4.69) is 10.3 Å². The Morgan fingerprint density at radius 3 is 2.59 bits per heavy atom. The minimum absolute atomic E-state index is 0.141. The monoisotopic (exact) mass is 405 g/mol. The number of nitrogens with two attached hydrogens (primary N) is 2. The van der Waals surface area contributed by atoms with Gasteiger partial charge >= 0.3 is 5.97 Å².